The zero-order valence-corrected chi connectivity index (χ0v) is 25.5. The number of rotatable bonds is 11. The molecule has 0 saturated carbocycles. The lowest BCUT2D eigenvalue weighted by Gasteiger charge is -2.35. The van der Waals surface area contributed by atoms with Gasteiger partial charge in [0, 0.05) is 48.5 Å². The highest BCUT2D eigenvalue weighted by atomic mass is 35.5. The molecule has 0 bridgehead atoms. The van der Waals surface area contributed by atoms with Gasteiger partial charge < -0.3 is 23.8 Å². The van der Waals surface area contributed by atoms with Crippen LogP contribution in [0.25, 0.3) is 6.08 Å². The van der Waals surface area contributed by atoms with Crippen LogP contribution in [0, 0.1) is 0 Å². The van der Waals surface area contributed by atoms with E-state index in [0.29, 0.717) is 43.0 Å². The molecule has 2 aliphatic rings. The smallest absolute Gasteiger partial charge is 0.258 e. The van der Waals surface area contributed by atoms with Crippen molar-refractivity contribution in [3.63, 3.8) is 0 Å². The minimum Gasteiger partial charge on any atom is -0.491 e. The van der Waals surface area contributed by atoms with Crippen LogP contribution in [0.15, 0.2) is 85.5 Å². The minimum absolute atomic E-state index is 0.157. The molecule has 1 N–H and O–H groups in total. The molecule has 10 heteroatoms. The van der Waals surface area contributed by atoms with Crippen LogP contribution < -0.4 is 19.8 Å². The summed E-state index contributed by atoms with van der Waals surface area (Å²) in [5, 5.41) is 3.01. The lowest BCUT2D eigenvalue weighted by atomic mass is 10.1. The van der Waals surface area contributed by atoms with E-state index in [1.54, 1.807) is 30.4 Å². The Morgan fingerprint density at radius 3 is 2.42 bits per heavy atom. The Balaban J connectivity index is 1.03. The summed E-state index contributed by atoms with van der Waals surface area (Å²) in [6.45, 7) is 9.68. The normalized spacial score (nSPS) is 20.7. The molecule has 0 radical (unpaired) electrons. The van der Waals surface area contributed by atoms with E-state index in [-0.39, 0.29) is 12.0 Å². The fourth-order valence-corrected chi connectivity index (χ4v) is 5.51. The standard InChI is InChI=1S/C33H35Cl2N3O5/c1-3-20-40-27-10-4-24(5-11-27)6-15-32(39)36-38-18-16-37(17-19-38)26-8-12-28(13-9-26)41-22-29-23-42-33(2,43-29)30-14-7-25(34)21-31(30)35/h3-15,21,29H,1,16-20,22-23H2,2H3,(H,36,39)/t29-,33+/m1/s1. The molecule has 1 amide bonds. The Labute approximate surface area is 262 Å². The molecule has 2 atom stereocenters. The summed E-state index contributed by atoms with van der Waals surface area (Å²) in [7, 11) is 0. The molecule has 5 rings (SSSR count). The number of ether oxygens (including phenoxy) is 4. The highest BCUT2D eigenvalue weighted by Crippen LogP contribution is 2.38. The van der Waals surface area contributed by atoms with Crippen molar-refractivity contribution in [1.29, 1.82) is 0 Å². The van der Waals surface area contributed by atoms with E-state index in [4.69, 9.17) is 42.1 Å². The predicted octanol–water partition coefficient (Wildman–Crippen LogP) is 6.09. The zero-order valence-electron chi connectivity index (χ0n) is 24.0. The number of nitrogens with one attached hydrogen (secondary N) is 1. The lowest BCUT2D eigenvalue weighted by Crippen LogP contribution is -2.53. The maximum Gasteiger partial charge on any atom is 0.258 e. The fraction of sp³-hybridized carbons (Fsp3) is 0.303. The maximum atomic E-state index is 12.4. The number of hydrazine groups is 1. The average molecular weight is 625 g/mol. The molecule has 226 valence electrons. The van der Waals surface area contributed by atoms with Crippen molar-refractivity contribution in [2.24, 2.45) is 0 Å². The number of nitrogens with zero attached hydrogens (tertiary/aromatic N) is 2. The first-order valence-corrected chi connectivity index (χ1v) is 14.9. The van der Waals surface area contributed by atoms with Crippen LogP contribution in [0.1, 0.15) is 18.1 Å². The number of carbonyl (C=O) groups is 1. The Kier molecular flexibility index (Phi) is 10.3. The van der Waals surface area contributed by atoms with Gasteiger partial charge in [0.2, 0.25) is 0 Å². The second-order valence-electron chi connectivity index (χ2n) is 10.4. The summed E-state index contributed by atoms with van der Waals surface area (Å²) >= 11 is 12.4. The fourth-order valence-electron chi connectivity index (χ4n) is 4.93. The number of piperazine rings is 1. The van der Waals surface area contributed by atoms with Crippen LogP contribution >= 0.6 is 23.2 Å². The average Bonchev–Trinajstić information content (AvgIpc) is 3.40. The molecule has 2 saturated heterocycles. The molecule has 2 heterocycles. The Morgan fingerprint density at radius 1 is 1.02 bits per heavy atom. The first kappa shape index (κ1) is 30.9. The van der Waals surface area contributed by atoms with Crippen LogP contribution in [-0.4, -0.2) is 63.0 Å². The van der Waals surface area contributed by atoms with Gasteiger partial charge in [-0.1, -0.05) is 54.1 Å². The van der Waals surface area contributed by atoms with Gasteiger partial charge in [0.15, 0.2) is 5.79 Å². The van der Waals surface area contributed by atoms with Crippen molar-refractivity contribution in [2.45, 2.75) is 18.8 Å². The van der Waals surface area contributed by atoms with E-state index in [1.807, 2.05) is 66.5 Å². The third-order valence-corrected chi connectivity index (χ3v) is 7.77. The summed E-state index contributed by atoms with van der Waals surface area (Å²) < 4.78 is 23.6. The van der Waals surface area contributed by atoms with E-state index >= 15 is 0 Å². The molecular weight excluding hydrogens is 589 g/mol. The molecule has 3 aromatic carbocycles. The first-order chi connectivity index (χ1) is 20.8. The van der Waals surface area contributed by atoms with Crippen LogP contribution in [-0.2, 0) is 20.1 Å². The quantitative estimate of drug-likeness (QED) is 0.205. The lowest BCUT2D eigenvalue weighted by molar-refractivity contribution is -0.164. The molecule has 0 spiro atoms. The SMILES string of the molecule is C=CCOc1ccc(C=CC(=O)NN2CCN(c3ccc(OC[C@@H]4CO[C@](C)(c5ccc(Cl)cc5Cl)O4)cc3)CC2)cc1. The predicted molar refractivity (Wildman–Crippen MR) is 170 cm³/mol. The van der Waals surface area contributed by atoms with Gasteiger partial charge in [0.05, 0.1) is 11.6 Å². The van der Waals surface area contributed by atoms with Gasteiger partial charge in [-0.25, -0.2) is 5.01 Å². The van der Waals surface area contributed by atoms with Crippen molar-refractivity contribution in [3.05, 3.63) is 107 Å². The molecule has 3 aromatic rings. The van der Waals surface area contributed by atoms with Gasteiger partial charge in [-0.3, -0.25) is 10.2 Å². The minimum atomic E-state index is -0.954. The molecular formula is C33H35Cl2N3O5. The molecule has 2 fully saturated rings. The molecule has 0 aliphatic carbocycles. The first-order valence-electron chi connectivity index (χ1n) is 14.1. The summed E-state index contributed by atoms with van der Waals surface area (Å²) in [6.07, 6.45) is 4.79. The summed E-state index contributed by atoms with van der Waals surface area (Å²) in [6, 6.07) is 20.8. The summed E-state index contributed by atoms with van der Waals surface area (Å²) in [4.78, 5) is 14.7. The number of amides is 1. The highest BCUT2D eigenvalue weighted by molar-refractivity contribution is 6.35. The number of anilines is 1. The Bertz CT molecular complexity index is 1430. The molecule has 0 aromatic heterocycles. The topological polar surface area (TPSA) is 72.5 Å². The van der Waals surface area contributed by atoms with E-state index in [0.717, 1.165) is 41.4 Å². The van der Waals surface area contributed by atoms with Crippen molar-refractivity contribution in [3.8, 4) is 11.5 Å². The van der Waals surface area contributed by atoms with Crippen molar-refractivity contribution < 1.29 is 23.7 Å². The Morgan fingerprint density at radius 2 is 1.72 bits per heavy atom. The molecule has 43 heavy (non-hydrogen) atoms. The number of benzene rings is 3. The van der Waals surface area contributed by atoms with Gasteiger partial charge in [-0.05, 0) is 67.1 Å². The van der Waals surface area contributed by atoms with Crippen LogP contribution in [0.3, 0.4) is 0 Å². The molecule has 0 unspecified atom stereocenters. The number of hydrogen-bond acceptors (Lipinski definition) is 7. The van der Waals surface area contributed by atoms with Crippen molar-refractivity contribution in [2.75, 3.05) is 50.9 Å². The second kappa shape index (κ2) is 14.3. The second-order valence-corrected chi connectivity index (χ2v) is 11.2. The number of carbonyl (C=O) groups excluding carboxylic acids is 1. The van der Waals surface area contributed by atoms with Crippen LogP contribution in [0.4, 0.5) is 5.69 Å². The van der Waals surface area contributed by atoms with Gasteiger partial charge in [0.1, 0.15) is 30.8 Å². The number of halogens is 2. The third kappa shape index (κ3) is 8.31. The van der Waals surface area contributed by atoms with Crippen molar-refractivity contribution >= 4 is 40.9 Å². The van der Waals surface area contributed by atoms with Crippen molar-refractivity contribution in [1.82, 2.24) is 10.4 Å². The van der Waals surface area contributed by atoms with Gasteiger partial charge in [0.25, 0.3) is 5.91 Å². The molecule has 8 nitrogen and oxygen atoms in total. The van der Waals surface area contributed by atoms with Crippen LogP contribution in [0.2, 0.25) is 10.0 Å². The largest absolute Gasteiger partial charge is 0.491 e. The summed E-state index contributed by atoms with van der Waals surface area (Å²) in [5.41, 5.74) is 5.72. The number of hydrogen-bond donors (Lipinski definition) is 1. The van der Waals surface area contributed by atoms with Crippen LogP contribution in [0.5, 0.6) is 11.5 Å². The Hall–Kier alpha value is -3.53. The van der Waals surface area contributed by atoms with Gasteiger partial charge in [-0.2, -0.15) is 0 Å². The van der Waals surface area contributed by atoms with Gasteiger partial charge >= 0.3 is 0 Å². The highest BCUT2D eigenvalue weighted by Gasteiger charge is 2.40. The maximum absolute atomic E-state index is 12.4. The monoisotopic (exact) mass is 623 g/mol. The van der Waals surface area contributed by atoms with E-state index < -0.39 is 5.79 Å². The third-order valence-electron chi connectivity index (χ3n) is 7.22. The van der Waals surface area contributed by atoms with E-state index in [1.165, 1.54) is 0 Å². The summed E-state index contributed by atoms with van der Waals surface area (Å²) in [5.74, 6) is 0.405. The zero-order chi connectivity index (χ0) is 30.2. The van der Waals surface area contributed by atoms with Gasteiger partial charge in [-0.15, -0.1) is 0 Å². The van der Waals surface area contributed by atoms with E-state index in [2.05, 4.69) is 16.9 Å². The van der Waals surface area contributed by atoms with E-state index in [9.17, 15) is 4.79 Å². The molecule has 2 aliphatic heterocycles.